The van der Waals surface area contributed by atoms with Gasteiger partial charge in [0.15, 0.2) is 0 Å². The van der Waals surface area contributed by atoms with Crippen molar-refractivity contribution in [3.63, 3.8) is 0 Å². The standard InChI is InChI=1S/C18H21BN6O2S/c19-15-11-23-25-17(9-16(24-18(15)25)13-5-7-21-8-6-13)22-10-12-1-3-14(4-2-12)28(20,26)27/h1-4,9,11,13,21-22H,5-8,10H2,(H2,20,26,27). The number of nitrogens with two attached hydrogens (primary N) is 1. The van der Waals surface area contributed by atoms with Crippen LogP contribution in [-0.4, -0.2) is 44.0 Å². The molecule has 0 amide bonds. The molecule has 3 heterocycles. The quantitative estimate of drug-likeness (QED) is 0.533. The van der Waals surface area contributed by atoms with E-state index in [1.807, 2.05) is 6.07 Å². The number of aromatic nitrogens is 3. The molecule has 3 aromatic rings. The zero-order valence-corrected chi connectivity index (χ0v) is 16.1. The highest BCUT2D eigenvalue weighted by Crippen LogP contribution is 2.26. The molecule has 2 radical (unpaired) electrons. The van der Waals surface area contributed by atoms with Crippen LogP contribution in [0.1, 0.15) is 30.0 Å². The largest absolute Gasteiger partial charge is 0.366 e. The average molecular weight is 396 g/mol. The maximum atomic E-state index is 11.4. The number of hydrogen-bond donors (Lipinski definition) is 3. The molecule has 1 aliphatic rings. The average Bonchev–Trinajstić information content (AvgIpc) is 3.07. The Morgan fingerprint density at radius 3 is 2.64 bits per heavy atom. The highest BCUT2D eigenvalue weighted by atomic mass is 32.2. The van der Waals surface area contributed by atoms with Gasteiger partial charge in [-0.2, -0.15) is 9.61 Å². The zero-order valence-electron chi connectivity index (χ0n) is 15.3. The van der Waals surface area contributed by atoms with Gasteiger partial charge in [0.05, 0.1) is 4.90 Å². The summed E-state index contributed by atoms with van der Waals surface area (Å²) in [5.41, 5.74) is 3.11. The van der Waals surface area contributed by atoms with E-state index < -0.39 is 10.0 Å². The molecule has 1 saturated heterocycles. The predicted molar refractivity (Wildman–Crippen MR) is 108 cm³/mol. The maximum Gasteiger partial charge on any atom is 0.238 e. The normalized spacial score (nSPS) is 15.8. The molecule has 10 heteroatoms. The van der Waals surface area contributed by atoms with E-state index in [-0.39, 0.29) is 4.90 Å². The minimum Gasteiger partial charge on any atom is -0.366 e. The van der Waals surface area contributed by atoms with Crippen LogP contribution in [0, 0.1) is 0 Å². The third kappa shape index (κ3) is 3.89. The van der Waals surface area contributed by atoms with Crippen molar-refractivity contribution in [2.75, 3.05) is 18.4 Å². The topological polar surface area (TPSA) is 114 Å². The highest BCUT2D eigenvalue weighted by molar-refractivity contribution is 7.89. The molecule has 144 valence electrons. The minimum absolute atomic E-state index is 0.0931. The molecule has 8 nitrogen and oxygen atoms in total. The van der Waals surface area contributed by atoms with Crippen LogP contribution in [-0.2, 0) is 16.6 Å². The molecule has 0 aliphatic carbocycles. The summed E-state index contributed by atoms with van der Waals surface area (Å²) in [6, 6.07) is 8.49. The number of fused-ring (bicyclic) bond motifs is 1. The zero-order chi connectivity index (χ0) is 19.7. The van der Waals surface area contributed by atoms with Crippen LogP contribution in [0.15, 0.2) is 41.4 Å². The second-order valence-corrected chi connectivity index (χ2v) is 8.53. The number of piperidine rings is 1. The van der Waals surface area contributed by atoms with Gasteiger partial charge in [-0.15, -0.1) is 0 Å². The number of sulfonamides is 1. The Morgan fingerprint density at radius 2 is 1.96 bits per heavy atom. The Morgan fingerprint density at radius 1 is 1.25 bits per heavy atom. The Kier molecular flexibility index (Phi) is 5.09. The number of anilines is 1. The van der Waals surface area contributed by atoms with Gasteiger partial charge in [0, 0.05) is 30.4 Å². The summed E-state index contributed by atoms with van der Waals surface area (Å²) in [6.07, 6.45) is 3.66. The lowest BCUT2D eigenvalue weighted by Gasteiger charge is -2.23. The number of rotatable bonds is 5. The van der Waals surface area contributed by atoms with Crippen molar-refractivity contribution in [3.8, 4) is 0 Å². The first-order chi connectivity index (χ1) is 13.4. The van der Waals surface area contributed by atoms with Crippen molar-refractivity contribution in [3.05, 3.63) is 47.8 Å². The number of benzene rings is 1. The summed E-state index contributed by atoms with van der Waals surface area (Å²) in [7, 11) is 2.36. The lowest BCUT2D eigenvalue weighted by molar-refractivity contribution is 0.453. The fourth-order valence-corrected chi connectivity index (χ4v) is 3.96. The monoisotopic (exact) mass is 396 g/mol. The number of nitrogens with one attached hydrogen (secondary N) is 2. The Labute approximate surface area is 165 Å². The van der Waals surface area contributed by atoms with Crippen molar-refractivity contribution in [1.82, 2.24) is 19.9 Å². The first-order valence-corrected chi connectivity index (χ1v) is 10.7. The highest BCUT2D eigenvalue weighted by Gasteiger charge is 2.19. The summed E-state index contributed by atoms with van der Waals surface area (Å²) >= 11 is 0. The van der Waals surface area contributed by atoms with E-state index in [9.17, 15) is 8.42 Å². The van der Waals surface area contributed by atoms with Gasteiger partial charge in [-0.05, 0) is 49.1 Å². The number of primary sulfonamides is 1. The van der Waals surface area contributed by atoms with Gasteiger partial charge in [0.25, 0.3) is 0 Å². The van der Waals surface area contributed by atoms with Crippen LogP contribution in [0.3, 0.4) is 0 Å². The molecule has 4 N–H and O–H groups in total. The summed E-state index contributed by atoms with van der Waals surface area (Å²) in [4.78, 5) is 4.83. The fraction of sp³-hybridized carbons (Fsp3) is 0.333. The van der Waals surface area contributed by atoms with Crippen molar-refractivity contribution in [2.45, 2.75) is 30.2 Å². The summed E-state index contributed by atoms with van der Waals surface area (Å²) in [5, 5.41) is 16.2. The molecule has 1 fully saturated rings. The lowest BCUT2D eigenvalue weighted by Crippen LogP contribution is -2.27. The van der Waals surface area contributed by atoms with E-state index in [4.69, 9.17) is 18.0 Å². The van der Waals surface area contributed by atoms with Crippen LogP contribution in [0.25, 0.3) is 5.65 Å². The third-order valence-electron chi connectivity index (χ3n) is 5.00. The fourth-order valence-electron chi connectivity index (χ4n) is 3.44. The van der Waals surface area contributed by atoms with Crippen LogP contribution in [0.5, 0.6) is 0 Å². The molecule has 0 spiro atoms. The van der Waals surface area contributed by atoms with Crippen molar-refractivity contribution < 1.29 is 8.42 Å². The molecule has 0 atom stereocenters. The van der Waals surface area contributed by atoms with Crippen molar-refractivity contribution in [1.29, 1.82) is 0 Å². The summed E-state index contributed by atoms with van der Waals surface area (Å²) < 4.78 is 24.5. The van der Waals surface area contributed by atoms with E-state index in [1.54, 1.807) is 22.8 Å². The molecule has 0 bridgehead atoms. The van der Waals surface area contributed by atoms with Gasteiger partial charge in [0.2, 0.25) is 10.0 Å². The van der Waals surface area contributed by atoms with Crippen LogP contribution in [0.4, 0.5) is 5.82 Å². The molecular formula is C18H21BN6O2S. The van der Waals surface area contributed by atoms with Crippen LogP contribution < -0.4 is 21.2 Å². The van der Waals surface area contributed by atoms with Gasteiger partial charge in [-0.3, -0.25) is 0 Å². The molecule has 1 aromatic carbocycles. The van der Waals surface area contributed by atoms with Gasteiger partial charge in [-0.1, -0.05) is 12.1 Å². The maximum absolute atomic E-state index is 11.4. The second kappa shape index (κ2) is 7.54. The van der Waals surface area contributed by atoms with Gasteiger partial charge >= 0.3 is 0 Å². The number of hydrogen-bond acceptors (Lipinski definition) is 6. The molecule has 2 aromatic heterocycles. The van der Waals surface area contributed by atoms with E-state index in [1.165, 1.54) is 12.1 Å². The molecule has 28 heavy (non-hydrogen) atoms. The Balaban J connectivity index is 1.60. The van der Waals surface area contributed by atoms with E-state index in [0.717, 1.165) is 43.0 Å². The summed E-state index contributed by atoms with van der Waals surface area (Å²) in [5.74, 6) is 1.18. The minimum atomic E-state index is -3.69. The first kappa shape index (κ1) is 18.9. The second-order valence-electron chi connectivity index (χ2n) is 6.97. The van der Waals surface area contributed by atoms with Gasteiger partial charge in [-0.25, -0.2) is 18.5 Å². The van der Waals surface area contributed by atoms with Gasteiger partial charge in [0.1, 0.15) is 19.3 Å². The molecule has 0 unspecified atom stereocenters. The Bertz CT molecular complexity index is 1090. The molecule has 1 aliphatic heterocycles. The molecule has 0 saturated carbocycles. The molecular weight excluding hydrogens is 375 g/mol. The lowest BCUT2D eigenvalue weighted by atomic mass is 9.94. The van der Waals surface area contributed by atoms with Crippen molar-refractivity contribution >= 4 is 34.8 Å². The van der Waals surface area contributed by atoms with Gasteiger partial charge < -0.3 is 10.6 Å². The van der Waals surface area contributed by atoms with Crippen molar-refractivity contribution in [2.24, 2.45) is 5.14 Å². The predicted octanol–water partition coefficient (Wildman–Crippen LogP) is 0.250. The number of nitrogens with zero attached hydrogens (tertiary/aromatic N) is 3. The molecule has 4 rings (SSSR count). The third-order valence-corrected chi connectivity index (χ3v) is 5.93. The first-order valence-electron chi connectivity index (χ1n) is 9.12. The SMILES string of the molecule is [B]c1cnn2c(NCc3ccc(S(N)(=O)=O)cc3)cc(C3CCNCC3)nc12. The summed E-state index contributed by atoms with van der Waals surface area (Å²) in [6.45, 7) is 2.45. The van der Waals surface area contributed by atoms with E-state index in [0.29, 0.717) is 23.6 Å². The smallest absolute Gasteiger partial charge is 0.238 e. The Hall–Kier alpha value is -2.43. The van der Waals surface area contributed by atoms with E-state index >= 15 is 0 Å². The van der Waals surface area contributed by atoms with E-state index in [2.05, 4.69) is 15.7 Å². The van der Waals surface area contributed by atoms with Crippen LogP contribution >= 0.6 is 0 Å². The van der Waals surface area contributed by atoms with Crippen LogP contribution in [0.2, 0.25) is 0 Å².